The van der Waals surface area contributed by atoms with Crippen LogP contribution in [0, 0.1) is 0 Å². The second-order valence-electron chi connectivity index (χ2n) is 9.40. The van der Waals surface area contributed by atoms with E-state index >= 15 is 0 Å². The molecule has 0 aliphatic carbocycles. The number of fused-ring (bicyclic) bond motifs is 1. The van der Waals surface area contributed by atoms with Crippen molar-refractivity contribution >= 4 is 30.7 Å². The van der Waals surface area contributed by atoms with Crippen molar-refractivity contribution in [3.8, 4) is 0 Å². The van der Waals surface area contributed by atoms with E-state index in [9.17, 15) is 0 Å². The van der Waals surface area contributed by atoms with Gasteiger partial charge in [0, 0.05) is 27.0 Å². The molecule has 3 nitrogen and oxygen atoms in total. The van der Waals surface area contributed by atoms with Crippen molar-refractivity contribution in [3.05, 3.63) is 29.6 Å². The molecule has 0 N–H and O–H groups in total. The van der Waals surface area contributed by atoms with Crippen LogP contribution in [0.2, 0.25) is 25.7 Å². The minimum atomic E-state index is -1.07. The molecule has 146 valence electrons. The number of ether oxygens (including phenoxy) is 1. The number of rotatable bonds is 9. The number of hydrogen-bond acceptors (Lipinski definition) is 2. The highest BCUT2D eigenvalue weighted by molar-refractivity contribution is 6.76. The van der Waals surface area contributed by atoms with Crippen LogP contribution in [0.5, 0.6) is 0 Å². The van der Waals surface area contributed by atoms with Crippen molar-refractivity contribution in [1.82, 2.24) is 9.55 Å². The number of unbranched alkanes of at least 4 members (excludes halogenated alkanes) is 1. The maximum absolute atomic E-state index is 6.04. The Morgan fingerprint density at radius 1 is 1.15 bits per heavy atom. The number of aromatic nitrogens is 2. The number of halogens is 1. The molecule has 0 saturated heterocycles. The third-order valence-electron chi connectivity index (χ3n) is 4.69. The predicted molar refractivity (Wildman–Crippen MR) is 116 cm³/mol. The lowest BCUT2D eigenvalue weighted by Crippen LogP contribution is -2.22. The zero-order chi connectivity index (χ0) is 19.4. The van der Waals surface area contributed by atoms with Crippen molar-refractivity contribution in [2.24, 2.45) is 0 Å². The Bertz CT molecular complexity index is 713. The Hall–Kier alpha value is -0.843. The molecule has 1 aromatic heterocycles. The summed E-state index contributed by atoms with van der Waals surface area (Å²) in [6.07, 6.45) is 3.03. The number of hydrogen-bond donors (Lipinski definition) is 0. The Kier molecular flexibility index (Phi) is 7.34. The van der Waals surface area contributed by atoms with Crippen LogP contribution in [0.25, 0.3) is 11.0 Å². The number of alkyl halides is 1. The van der Waals surface area contributed by atoms with Crippen LogP contribution in [-0.2, 0) is 23.3 Å². The van der Waals surface area contributed by atoms with E-state index in [1.165, 1.54) is 17.1 Å². The van der Waals surface area contributed by atoms with Crippen LogP contribution in [0.1, 0.15) is 45.0 Å². The molecule has 2 aromatic rings. The van der Waals surface area contributed by atoms with Gasteiger partial charge in [0.15, 0.2) is 0 Å². The summed E-state index contributed by atoms with van der Waals surface area (Å²) >= 11 is 5.85. The van der Waals surface area contributed by atoms with E-state index in [4.69, 9.17) is 21.3 Å². The summed E-state index contributed by atoms with van der Waals surface area (Å²) in [5.41, 5.74) is 3.70. The van der Waals surface area contributed by atoms with Gasteiger partial charge < -0.3 is 9.30 Å². The maximum Gasteiger partial charge on any atom is 0.124 e. The fourth-order valence-electron chi connectivity index (χ4n) is 2.89. The first-order valence-corrected chi connectivity index (χ1v) is 14.0. The lowest BCUT2D eigenvalue weighted by molar-refractivity contribution is 0.0878. The van der Waals surface area contributed by atoms with Gasteiger partial charge in [-0.1, -0.05) is 46.5 Å². The van der Waals surface area contributed by atoms with Crippen molar-refractivity contribution in [1.29, 1.82) is 0 Å². The van der Waals surface area contributed by atoms with Crippen molar-refractivity contribution in [3.63, 3.8) is 0 Å². The monoisotopic (exact) mass is 394 g/mol. The number of nitrogens with zero attached hydrogens (tertiary/aromatic N) is 2. The zero-order valence-corrected chi connectivity index (χ0v) is 19.1. The highest BCUT2D eigenvalue weighted by atomic mass is 35.5. The van der Waals surface area contributed by atoms with Gasteiger partial charge >= 0.3 is 0 Å². The Morgan fingerprint density at radius 2 is 1.88 bits per heavy atom. The summed E-state index contributed by atoms with van der Waals surface area (Å²) in [5, 5.41) is 0. The Balaban J connectivity index is 2.23. The first-order chi connectivity index (χ1) is 12.1. The molecule has 0 spiro atoms. The molecule has 0 bridgehead atoms. The van der Waals surface area contributed by atoms with Gasteiger partial charge in [-0.25, -0.2) is 4.98 Å². The fraction of sp³-hybridized carbons (Fsp3) is 0.667. The van der Waals surface area contributed by atoms with E-state index in [0.29, 0.717) is 12.6 Å². The smallest absolute Gasteiger partial charge is 0.124 e. The molecule has 1 heterocycles. The summed E-state index contributed by atoms with van der Waals surface area (Å²) in [6, 6.07) is 7.86. The van der Waals surface area contributed by atoms with Crippen molar-refractivity contribution in [2.75, 3.05) is 12.5 Å². The number of benzene rings is 1. The van der Waals surface area contributed by atoms with Crippen LogP contribution < -0.4 is 0 Å². The summed E-state index contributed by atoms with van der Waals surface area (Å²) in [4.78, 5) is 4.93. The first kappa shape index (κ1) is 21.5. The molecule has 0 aliphatic rings. The van der Waals surface area contributed by atoms with E-state index in [0.717, 1.165) is 37.2 Å². The lowest BCUT2D eigenvalue weighted by Gasteiger charge is -2.19. The van der Waals surface area contributed by atoms with E-state index in [2.05, 4.69) is 63.2 Å². The van der Waals surface area contributed by atoms with Crippen molar-refractivity contribution < 1.29 is 4.74 Å². The Morgan fingerprint density at radius 3 is 2.50 bits per heavy atom. The standard InChI is InChI=1S/C21H35ClN2OSi/c1-21(2,3)17-10-11-19-18(15-17)23-20(9-7-8-12-22)24(19)16-25-13-14-26(4,5)6/h10-11,15H,7-9,12-14,16H2,1-6H3. The molecular formula is C21H35ClN2OSi. The van der Waals surface area contributed by atoms with Crippen LogP contribution in [0.15, 0.2) is 18.2 Å². The summed E-state index contributed by atoms with van der Waals surface area (Å²) in [5.74, 6) is 1.82. The molecule has 26 heavy (non-hydrogen) atoms. The highest BCUT2D eigenvalue weighted by Crippen LogP contribution is 2.27. The van der Waals surface area contributed by atoms with Gasteiger partial charge in [-0.05, 0) is 42.0 Å². The fourth-order valence-corrected chi connectivity index (χ4v) is 3.84. The predicted octanol–water partition coefficient (Wildman–Crippen LogP) is 6.21. The molecular weight excluding hydrogens is 360 g/mol. The molecule has 0 amide bonds. The van der Waals surface area contributed by atoms with Gasteiger partial charge in [0.05, 0.1) is 11.0 Å². The third-order valence-corrected chi connectivity index (χ3v) is 6.67. The lowest BCUT2D eigenvalue weighted by atomic mass is 9.87. The second kappa shape index (κ2) is 8.90. The van der Waals surface area contributed by atoms with Gasteiger partial charge in [0.25, 0.3) is 0 Å². The number of imidazole rings is 1. The van der Waals surface area contributed by atoms with E-state index in [1.807, 2.05) is 0 Å². The van der Waals surface area contributed by atoms with Gasteiger partial charge in [-0.3, -0.25) is 0 Å². The maximum atomic E-state index is 6.04. The molecule has 0 aliphatic heterocycles. The summed E-state index contributed by atoms with van der Waals surface area (Å²) in [7, 11) is -1.07. The quantitative estimate of drug-likeness (QED) is 0.287. The molecule has 0 fully saturated rings. The molecule has 0 radical (unpaired) electrons. The molecule has 0 unspecified atom stereocenters. The van der Waals surface area contributed by atoms with Gasteiger partial charge in [-0.15, -0.1) is 11.6 Å². The number of aryl methyl sites for hydroxylation is 1. The molecule has 2 rings (SSSR count). The average Bonchev–Trinajstić information content (AvgIpc) is 2.87. The highest BCUT2D eigenvalue weighted by Gasteiger charge is 2.18. The van der Waals surface area contributed by atoms with Crippen LogP contribution in [0.3, 0.4) is 0 Å². The minimum Gasteiger partial charge on any atom is -0.361 e. The largest absolute Gasteiger partial charge is 0.361 e. The van der Waals surface area contributed by atoms with Crippen molar-refractivity contribution in [2.45, 2.75) is 77.9 Å². The molecule has 0 saturated carbocycles. The summed E-state index contributed by atoms with van der Waals surface area (Å²) < 4.78 is 8.29. The normalized spacial score (nSPS) is 12.9. The zero-order valence-electron chi connectivity index (χ0n) is 17.4. The van der Waals surface area contributed by atoms with Gasteiger partial charge in [0.2, 0.25) is 0 Å². The van der Waals surface area contributed by atoms with E-state index in [-0.39, 0.29) is 5.41 Å². The SMILES string of the molecule is CC(C)(C)c1ccc2c(c1)nc(CCCCCl)n2COCC[Si](C)(C)C. The van der Waals surface area contributed by atoms with Crippen LogP contribution >= 0.6 is 11.6 Å². The van der Waals surface area contributed by atoms with Gasteiger partial charge in [-0.2, -0.15) is 0 Å². The second-order valence-corrected chi connectivity index (χ2v) is 15.4. The molecule has 5 heteroatoms. The topological polar surface area (TPSA) is 27.1 Å². The average molecular weight is 395 g/mol. The van der Waals surface area contributed by atoms with Gasteiger partial charge in [0.1, 0.15) is 12.6 Å². The van der Waals surface area contributed by atoms with Crippen LogP contribution in [0.4, 0.5) is 0 Å². The third kappa shape index (κ3) is 6.10. The molecule has 0 atom stereocenters. The van der Waals surface area contributed by atoms with E-state index < -0.39 is 8.07 Å². The Labute approximate surface area is 165 Å². The first-order valence-electron chi connectivity index (χ1n) is 9.75. The minimum absolute atomic E-state index is 0.130. The summed E-state index contributed by atoms with van der Waals surface area (Å²) in [6.45, 7) is 15.3. The van der Waals surface area contributed by atoms with E-state index in [1.54, 1.807) is 0 Å². The molecule has 1 aromatic carbocycles. The van der Waals surface area contributed by atoms with Crippen LogP contribution in [-0.4, -0.2) is 30.1 Å².